The van der Waals surface area contributed by atoms with Crippen molar-refractivity contribution < 1.29 is 5.11 Å². The highest BCUT2D eigenvalue weighted by Crippen LogP contribution is 2.07. The van der Waals surface area contributed by atoms with Crippen molar-refractivity contribution >= 4 is 0 Å². The molecule has 0 aromatic carbocycles. The maximum atomic E-state index is 9.02. The first-order valence-corrected chi connectivity index (χ1v) is 4.95. The molecule has 0 unspecified atom stereocenters. The van der Waals surface area contributed by atoms with Gasteiger partial charge in [-0.15, -0.1) is 6.42 Å². The molecular formula is C11H20O. The first-order valence-electron chi connectivity index (χ1n) is 4.95. The lowest BCUT2D eigenvalue weighted by Crippen LogP contribution is -2.01. The standard InChI is InChI=1S/C11H20O/c1-3-5-6-7-8-9-10-11(12)4-2/h2,11-12H,3,5-10H2,1H3/t11-/m1/s1. The molecule has 0 aromatic rings. The normalized spacial score (nSPS) is 12.4. The summed E-state index contributed by atoms with van der Waals surface area (Å²) in [5.41, 5.74) is 0. The van der Waals surface area contributed by atoms with Crippen LogP contribution in [-0.4, -0.2) is 11.2 Å². The summed E-state index contributed by atoms with van der Waals surface area (Å²) in [7, 11) is 0. The van der Waals surface area contributed by atoms with Crippen LogP contribution in [0.3, 0.4) is 0 Å². The third kappa shape index (κ3) is 7.63. The number of terminal acetylenes is 1. The average molecular weight is 168 g/mol. The molecule has 0 aliphatic carbocycles. The molecule has 0 aliphatic rings. The minimum Gasteiger partial charge on any atom is -0.380 e. The van der Waals surface area contributed by atoms with E-state index in [9.17, 15) is 0 Å². The molecule has 0 bridgehead atoms. The van der Waals surface area contributed by atoms with Crippen molar-refractivity contribution in [1.29, 1.82) is 0 Å². The van der Waals surface area contributed by atoms with Crippen LogP contribution in [0.4, 0.5) is 0 Å². The Bertz CT molecular complexity index is 123. The predicted octanol–water partition coefficient (Wildman–Crippen LogP) is 2.73. The fraction of sp³-hybridized carbons (Fsp3) is 0.818. The van der Waals surface area contributed by atoms with Crippen molar-refractivity contribution in [3.05, 3.63) is 0 Å². The molecule has 0 spiro atoms. The van der Waals surface area contributed by atoms with Gasteiger partial charge >= 0.3 is 0 Å². The quantitative estimate of drug-likeness (QED) is 0.458. The minimum absolute atomic E-state index is 0.517. The van der Waals surface area contributed by atoms with Crippen LogP contribution in [0.5, 0.6) is 0 Å². The molecule has 0 fully saturated rings. The van der Waals surface area contributed by atoms with Gasteiger partial charge in [-0.05, 0) is 12.8 Å². The van der Waals surface area contributed by atoms with Crippen LogP contribution in [0, 0.1) is 12.3 Å². The molecule has 0 radical (unpaired) electrons. The SMILES string of the molecule is C#C[C@@H](O)CCCCCCCC. The minimum atomic E-state index is -0.517. The van der Waals surface area contributed by atoms with Crippen molar-refractivity contribution in [2.45, 2.75) is 58.0 Å². The van der Waals surface area contributed by atoms with Crippen molar-refractivity contribution in [3.8, 4) is 12.3 Å². The lowest BCUT2D eigenvalue weighted by Gasteiger charge is -2.02. The highest BCUT2D eigenvalue weighted by atomic mass is 16.3. The number of aliphatic hydroxyl groups is 1. The van der Waals surface area contributed by atoms with Gasteiger partial charge in [-0.1, -0.05) is 44.9 Å². The van der Waals surface area contributed by atoms with Crippen LogP contribution >= 0.6 is 0 Å². The largest absolute Gasteiger partial charge is 0.380 e. The van der Waals surface area contributed by atoms with E-state index in [1.807, 2.05) is 0 Å². The lowest BCUT2D eigenvalue weighted by molar-refractivity contribution is 0.217. The Kier molecular flexibility index (Phi) is 8.27. The molecule has 1 atom stereocenters. The smallest absolute Gasteiger partial charge is 0.114 e. The summed E-state index contributed by atoms with van der Waals surface area (Å²) in [6.07, 6.45) is 12.8. The summed E-state index contributed by atoms with van der Waals surface area (Å²) in [4.78, 5) is 0. The third-order valence-electron chi connectivity index (χ3n) is 2.02. The molecule has 70 valence electrons. The zero-order valence-electron chi connectivity index (χ0n) is 8.05. The van der Waals surface area contributed by atoms with E-state index < -0.39 is 6.10 Å². The Morgan fingerprint density at radius 3 is 2.33 bits per heavy atom. The third-order valence-corrected chi connectivity index (χ3v) is 2.02. The maximum Gasteiger partial charge on any atom is 0.114 e. The zero-order chi connectivity index (χ0) is 9.23. The van der Waals surface area contributed by atoms with E-state index in [1.165, 1.54) is 32.1 Å². The monoisotopic (exact) mass is 168 g/mol. The Balaban J connectivity index is 2.96. The van der Waals surface area contributed by atoms with Crippen molar-refractivity contribution in [1.82, 2.24) is 0 Å². The van der Waals surface area contributed by atoms with Gasteiger partial charge < -0.3 is 5.11 Å². The highest BCUT2D eigenvalue weighted by molar-refractivity contribution is 4.92. The number of rotatable bonds is 7. The predicted molar refractivity (Wildman–Crippen MR) is 52.8 cm³/mol. The van der Waals surface area contributed by atoms with Crippen LogP contribution < -0.4 is 0 Å². The van der Waals surface area contributed by atoms with Gasteiger partial charge in [-0.3, -0.25) is 0 Å². The summed E-state index contributed by atoms with van der Waals surface area (Å²) < 4.78 is 0. The fourth-order valence-corrected chi connectivity index (χ4v) is 1.20. The van der Waals surface area contributed by atoms with Gasteiger partial charge in [0.15, 0.2) is 0 Å². The second kappa shape index (κ2) is 8.62. The lowest BCUT2D eigenvalue weighted by atomic mass is 10.1. The van der Waals surface area contributed by atoms with Crippen LogP contribution in [0.1, 0.15) is 51.9 Å². The van der Waals surface area contributed by atoms with Crippen LogP contribution in [0.25, 0.3) is 0 Å². The van der Waals surface area contributed by atoms with Gasteiger partial charge in [0.1, 0.15) is 6.10 Å². The topological polar surface area (TPSA) is 20.2 Å². The Morgan fingerprint density at radius 1 is 1.17 bits per heavy atom. The molecule has 0 aromatic heterocycles. The fourth-order valence-electron chi connectivity index (χ4n) is 1.20. The summed E-state index contributed by atoms with van der Waals surface area (Å²) in [5.74, 6) is 2.32. The molecule has 1 heteroatoms. The molecule has 0 aliphatic heterocycles. The van der Waals surface area contributed by atoms with Crippen LogP contribution in [0.15, 0.2) is 0 Å². The maximum absolute atomic E-state index is 9.02. The second-order valence-electron chi connectivity index (χ2n) is 3.24. The van der Waals surface area contributed by atoms with E-state index in [-0.39, 0.29) is 0 Å². The van der Waals surface area contributed by atoms with Gasteiger partial charge in [0.2, 0.25) is 0 Å². The Hall–Kier alpha value is -0.480. The zero-order valence-corrected chi connectivity index (χ0v) is 8.05. The van der Waals surface area contributed by atoms with E-state index in [1.54, 1.807) is 0 Å². The first-order chi connectivity index (χ1) is 5.81. The molecule has 0 heterocycles. The molecule has 0 amide bonds. The van der Waals surface area contributed by atoms with E-state index in [2.05, 4.69) is 12.8 Å². The number of hydrogen-bond donors (Lipinski definition) is 1. The number of hydrogen-bond acceptors (Lipinski definition) is 1. The van der Waals surface area contributed by atoms with Gasteiger partial charge in [0.25, 0.3) is 0 Å². The van der Waals surface area contributed by atoms with E-state index in [0.717, 1.165) is 12.8 Å². The summed E-state index contributed by atoms with van der Waals surface area (Å²) in [6, 6.07) is 0. The average Bonchev–Trinajstić information content (AvgIpc) is 2.10. The highest BCUT2D eigenvalue weighted by Gasteiger charge is 1.97. The molecule has 0 saturated carbocycles. The summed E-state index contributed by atoms with van der Waals surface area (Å²) in [6.45, 7) is 2.21. The van der Waals surface area contributed by atoms with Crippen molar-refractivity contribution in [2.75, 3.05) is 0 Å². The van der Waals surface area contributed by atoms with E-state index >= 15 is 0 Å². The van der Waals surface area contributed by atoms with Crippen LogP contribution in [-0.2, 0) is 0 Å². The molecule has 0 saturated heterocycles. The van der Waals surface area contributed by atoms with Crippen molar-refractivity contribution in [3.63, 3.8) is 0 Å². The second-order valence-corrected chi connectivity index (χ2v) is 3.24. The van der Waals surface area contributed by atoms with Gasteiger partial charge in [0, 0.05) is 0 Å². The summed E-state index contributed by atoms with van der Waals surface area (Å²) >= 11 is 0. The number of aliphatic hydroxyl groups excluding tert-OH is 1. The van der Waals surface area contributed by atoms with Gasteiger partial charge in [-0.25, -0.2) is 0 Å². The molecule has 12 heavy (non-hydrogen) atoms. The van der Waals surface area contributed by atoms with E-state index in [0.29, 0.717) is 0 Å². The van der Waals surface area contributed by atoms with Gasteiger partial charge in [-0.2, -0.15) is 0 Å². The van der Waals surface area contributed by atoms with E-state index in [4.69, 9.17) is 11.5 Å². The molecule has 1 N–H and O–H groups in total. The Labute approximate surface area is 76.2 Å². The Morgan fingerprint density at radius 2 is 1.75 bits per heavy atom. The molecular weight excluding hydrogens is 148 g/mol. The molecule has 0 rings (SSSR count). The van der Waals surface area contributed by atoms with Gasteiger partial charge in [0.05, 0.1) is 0 Å². The molecule has 1 nitrogen and oxygen atoms in total. The number of unbranched alkanes of at least 4 members (excludes halogenated alkanes) is 5. The summed E-state index contributed by atoms with van der Waals surface area (Å²) in [5, 5.41) is 9.02. The first kappa shape index (κ1) is 11.5. The van der Waals surface area contributed by atoms with Crippen LogP contribution in [0.2, 0.25) is 0 Å². The van der Waals surface area contributed by atoms with Crippen molar-refractivity contribution in [2.24, 2.45) is 0 Å².